The highest BCUT2D eigenvalue weighted by atomic mass is 16.5. The molecule has 0 saturated carbocycles. The Morgan fingerprint density at radius 2 is 1.74 bits per heavy atom. The first-order valence-electron chi connectivity index (χ1n) is 12.4. The van der Waals surface area contributed by atoms with Gasteiger partial charge in [-0.2, -0.15) is 0 Å². The molecule has 2 heterocycles. The molecule has 0 radical (unpaired) electrons. The Balaban J connectivity index is 1.36. The van der Waals surface area contributed by atoms with Crippen LogP contribution in [0.2, 0.25) is 0 Å². The number of amides is 4. The van der Waals surface area contributed by atoms with Gasteiger partial charge in [0.15, 0.2) is 0 Å². The molecule has 2 atom stereocenters. The number of anilines is 2. The zero-order valence-corrected chi connectivity index (χ0v) is 21.3. The van der Waals surface area contributed by atoms with Crippen LogP contribution in [0.4, 0.5) is 16.2 Å². The summed E-state index contributed by atoms with van der Waals surface area (Å²) in [5, 5.41) is 17.9. The third kappa shape index (κ3) is 6.89. The lowest BCUT2D eigenvalue weighted by Crippen LogP contribution is -2.52. The first-order chi connectivity index (χ1) is 18.9. The molecular formula is C28H29N5O6. The van der Waals surface area contributed by atoms with E-state index in [1.165, 1.54) is 24.4 Å². The summed E-state index contributed by atoms with van der Waals surface area (Å²) >= 11 is 0. The minimum atomic E-state index is -1.20. The van der Waals surface area contributed by atoms with Crippen molar-refractivity contribution in [2.24, 2.45) is 0 Å². The van der Waals surface area contributed by atoms with Crippen molar-refractivity contribution in [3.05, 3.63) is 84.2 Å². The number of nitrogens with zero attached hydrogens (tertiary/aromatic N) is 2. The number of aliphatic carboxylic acids is 1. The molecule has 0 spiro atoms. The predicted molar refractivity (Wildman–Crippen MR) is 144 cm³/mol. The van der Waals surface area contributed by atoms with Gasteiger partial charge < -0.3 is 30.7 Å². The number of rotatable bonds is 9. The maximum atomic E-state index is 13.1. The summed E-state index contributed by atoms with van der Waals surface area (Å²) in [6, 6.07) is 14.4. The van der Waals surface area contributed by atoms with Gasteiger partial charge in [0, 0.05) is 36.6 Å². The van der Waals surface area contributed by atoms with Gasteiger partial charge in [-0.05, 0) is 54.8 Å². The number of carboxylic acid groups (broad SMARTS) is 1. The second kappa shape index (κ2) is 12.5. The number of carboxylic acids is 1. The Labute approximate surface area is 225 Å². The Kier molecular flexibility index (Phi) is 8.72. The summed E-state index contributed by atoms with van der Waals surface area (Å²) in [7, 11) is 1.50. The average Bonchev–Trinajstić information content (AvgIpc) is 3.45. The van der Waals surface area contributed by atoms with Gasteiger partial charge >= 0.3 is 12.0 Å². The maximum absolute atomic E-state index is 13.1. The molecule has 0 aliphatic carbocycles. The normalized spacial score (nSPS) is 15.2. The molecule has 1 aliphatic heterocycles. The van der Waals surface area contributed by atoms with E-state index in [1.54, 1.807) is 60.7 Å². The molecule has 4 N–H and O–H groups in total. The van der Waals surface area contributed by atoms with Gasteiger partial charge in [-0.3, -0.25) is 14.6 Å². The predicted octanol–water partition coefficient (Wildman–Crippen LogP) is 3.15. The van der Waals surface area contributed by atoms with Gasteiger partial charge in [0.1, 0.15) is 17.8 Å². The summed E-state index contributed by atoms with van der Waals surface area (Å²) in [6.07, 6.45) is 4.11. The Hall–Kier alpha value is -4.93. The second-order valence-corrected chi connectivity index (χ2v) is 8.97. The molecule has 39 heavy (non-hydrogen) atoms. The fourth-order valence-electron chi connectivity index (χ4n) is 4.35. The number of aromatic nitrogens is 1. The number of urea groups is 1. The fourth-order valence-corrected chi connectivity index (χ4v) is 4.35. The molecule has 2 aromatic carbocycles. The zero-order valence-electron chi connectivity index (χ0n) is 21.3. The first kappa shape index (κ1) is 27.1. The summed E-state index contributed by atoms with van der Waals surface area (Å²) in [5.41, 5.74) is 2.13. The second-order valence-electron chi connectivity index (χ2n) is 8.97. The van der Waals surface area contributed by atoms with E-state index in [1.807, 2.05) is 0 Å². The number of carbonyl (C=O) groups excluding carboxylic acids is 3. The summed E-state index contributed by atoms with van der Waals surface area (Å²) < 4.78 is 5.26. The lowest BCUT2D eigenvalue weighted by Gasteiger charge is -2.26. The van der Waals surface area contributed by atoms with Crippen molar-refractivity contribution in [2.75, 3.05) is 24.3 Å². The van der Waals surface area contributed by atoms with E-state index in [2.05, 4.69) is 20.9 Å². The maximum Gasteiger partial charge on any atom is 0.326 e. The van der Waals surface area contributed by atoms with Crippen LogP contribution in [0.25, 0.3) is 0 Å². The Bertz CT molecular complexity index is 1330. The van der Waals surface area contributed by atoms with E-state index < -0.39 is 30.0 Å². The topological polar surface area (TPSA) is 150 Å². The third-order valence-electron chi connectivity index (χ3n) is 6.37. The van der Waals surface area contributed by atoms with Crippen molar-refractivity contribution in [3.63, 3.8) is 0 Å². The van der Waals surface area contributed by atoms with Gasteiger partial charge in [0.05, 0.1) is 12.8 Å². The number of hydrogen-bond acceptors (Lipinski definition) is 6. The SMILES string of the molecule is COc1ccccc1NC(=O)N1CCC[C@H]1C(=O)N[C@@H](Cc1ccc(NC(=O)c2ccncc2)cc1)C(=O)O. The largest absolute Gasteiger partial charge is 0.495 e. The van der Waals surface area contributed by atoms with Crippen LogP contribution in [-0.4, -0.2) is 64.5 Å². The molecule has 4 amide bonds. The number of nitrogens with one attached hydrogen (secondary N) is 3. The van der Waals surface area contributed by atoms with E-state index >= 15 is 0 Å². The summed E-state index contributed by atoms with van der Waals surface area (Å²) in [6.45, 7) is 0.365. The van der Waals surface area contributed by atoms with Crippen LogP contribution in [0, 0.1) is 0 Å². The van der Waals surface area contributed by atoms with E-state index in [4.69, 9.17) is 4.74 Å². The van der Waals surface area contributed by atoms with Crippen LogP contribution in [0.15, 0.2) is 73.1 Å². The molecule has 0 bridgehead atoms. The number of pyridine rings is 1. The highest BCUT2D eigenvalue weighted by Gasteiger charge is 2.36. The third-order valence-corrected chi connectivity index (χ3v) is 6.37. The quantitative estimate of drug-likeness (QED) is 0.331. The summed E-state index contributed by atoms with van der Waals surface area (Å²) in [4.78, 5) is 55.6. The van der Waals surface area contributed by atoms with Crippen molar-refractivity contribution in [1.29, 1.82) is 0 Å². The van der Waals surface area contributed by atoms with Crippen LogP contribution >= 0.6 is 0 Å². The van der Waals surface area contributed by atoms with Crippen LogP contribution in [0.5, 0.6) is 5.75 Å². The van der Waals surface area contributed by atoms with Gasteiger partial charge in [0.25, 0.3) is 5.91 Å². The van der Waals surface area contributed by atoms with E-state index in [9.17, 15) is 24.3 Å². The van der Waals surface area contributed by atoms with Crippen molar-refractivity contribution < 1.29 is 29.0 Å². The molecule has 1 saturated heterocycles. The van der Waals surface area contributed by atoms with Crippen molar-refractivity contribution in [1.82, 2.24) is 15.2 Å². The smallest absolute Gasteiger partial charge is 0.326 e. The minimum absolute atomic E-state index is 0.0276. The number of hydrogen-bond donors (Lipinski definition) is 4. The molecule has 3 aromatic rings. The number of carbonyl (C=O) groups is 4. The molecule has 11 nitrogen and oxygen atoms in total. The van der Waals surface area contributed by atoms with Crippen molar-refractivity contribution >= 4 is 35.2 Å². The van der Waals surface area contributed by atoms with E-state index in [-0.39, 0.29) is 12.3 Å². The number of likely N-dealkylation sites (tertiary alicyclic amines) is 1. The zero-order chi connectivity index (χ0) is 27.8. The molecule has 4 rings (SSSR count). The van der Waals surface area contributed by atoms with Crippen LogP contribution < -0.4 is 20.7 Å². The van der Waals surface area contributed by atoms with Gasteiger partial charge in [-0.1, -0.05) is 24.3 Å². The minimum Gasteiger partial charge on any atom is -0.495 e. The van der Waals surface area contributed by atoms with Crippen LogP contribution in [0.1, 0.15) is 28.8 Å². The Morgan fingerprint density at radius 1 is 1.03 bits per heavy atom. The van der Waals surface area contributed by atoms with Crippen molar-refractivity contribution in [3.8, 4) is 5.75 Å². The van der Waals surface area contributed by atoms with Crippen molar-refractivity contribution in [2.45, 2.75) is 31.3 Å². The van der Waals surface area contributed by atoms with E-state index in [0.717, 1.165) is 0 Å². The van der Waals surface area contributed by atoms with E-state index in [0.29, 0.717) is 47.6 Å². The van der Waals surface area contributed by atoms with Gasteiger partial charge in [0.2, 0.25) is 5.91 Å². The van der Waals surface area contributed by atoms with Crippen LogP contribution in [-0.2, 0) is 16.0 Å². The Morgan fingerprint density at radius 3 is 2.44 bits per heavy atom. The summed E-state index contributed by atoms with van der Waals surface area (Å²) in [5.74, 6) is -1.53. The number of methoxy groups -OCH3 is 1. The number of benzene rings is 2. The lowest BCUT2D eigenvalue weighted by atomic mass is 10.0. The molecule has 11 heteroatoms. The molecule has 0 unspecified atom stereocenters. The van der Waals surface area contributed by atoms with Crippen LogP contribution in [0.3, 0.4) is 0 Å². The monoisotopic (exact) mass is 531 g/mol. The number of para-hydroxylation sites is 2. The fraction of sp³-hybridized carbons (Fsp3) is 0.250. The molecule has 202 valence electrons. The average molecular weight is 532 g/mol. The standard InChI is InChI=1S/C28H29N5O6/c1-39-24-7-3-2-5-21(24)32-28(38)33-16-4-6-23(33)26(35)31-22(27(36)37)17-18-8-10-20(11-9-18)30-25(34)19-12-14-29-15-13-19/h2-3,5,7-15,22-23H,4,6,16-17H2,1H3,(H,30,34)(H,31,35)(H,32,38)(H,36,37)/t22-,23-/m0/s1. The number of ether oxygens (including phenoxy) is 1. The molecule has 1 aliphatic rings. The molecule has 1 aromatic heterocycles. The van der Waals surface area contributed by atoms with Gasteiger partial charge in [-0.25, -0.2) is 9.59 Å². The first-order valence-corrected chi connectivity index (χ1v) is 12.4. The lowest BCUT2D eigenvalue weighted by molar-refractivity contribution is -0.142. The highest BCUT2D eigenvalue weighted by molar-refractivity contribution is 6.04. The molecular weight excluding hydrogens is 502 g/mol. The molecule has 1 fully saturated rings. The van der Waals surface area contributed by atoms with Gasteiger partial charge in [-0.15, -0.1) is 0 Å². The highest BCUT2D eigenvalue weighted by Crippen LogP contribution is 2.25.